The third kappa shape index (κ3) is 5.55. The minimum Gasteiger partial charge on any atom is -1.00 e. The minimum absolute atomic E-state index is 0. The second-order valence-electron chi connectivity index (χ2n) is 4.47. The third-order valence-corrected chi connectivity index (χ3v) is 2.95. The number of unbranched alkanes of at least 4 members (excludes halogenated alkanes) is 1. The van der Waals surface area contributed by atoms with Crippen LogP contribution in [0.2, 0.25) is 0 Å². The van der Waals surface area contributed by atoms with Crippen molar-refractivity contribution in [3.05, 3.63) is 66.0 Å². The molecule has 0 aliphatic heterocycles. The number of rotatable bonds is 5. The number of benzene rings is 1. The summed E-state index contributed by atoms with van der Waals surface area (Å²) < 4.78 is 2.24. The molecular formula is C17H20IN. The lowest BCUT2D eigenvalue weighted by Gasteiger charge is -1.96. The van der Waals surface area contributed by atoms with Crippen LogP contribution in [0.1, 0.15) is 30.9 Å². The van der Waals surface area contributed by atoms with Gasteiger partial charge < -0.3 is 24.0 Å². The molecule has 2 heteroatoms. The van der Waals surface area contributed by atoms with Gasteiger partial charge in [-0.25, -0.2) is 4.57 Å². The van der Waals surface area contributed by atoms with E-state index in [2.05, 4.69) is 72.4 Å². The van der Waals surface area contributed by atoms with Crippen LogP contribution >= 0.6 is 0 Å². The Morgan fingerprint density at radius 3 is 2.05 bits per heavy atom. The maximum absolute atomic E-state index is 2.24. The van der Waals surface area contributed by atoms with Gasteiger partial charge in [-0.05, 0) is 11.1 Å². The van der Waals surface area contributed by atoms with Gasteiger partial charge in [0.25, 0.3) is 0 Å². The molecule has 0 N–H and O–H groups in total. The largest absolute Gasteiger partial charge is 1.00 e. The molecular weight excluding hydrogens is 345 g/mol. The van der Waals surface area contributed by atoms with Gasteiger partial charge in [-0.15, -0.1) is 0 Å². The number of hydrogen-bond acceptors (Lipinski definition) is 0. The highest BCUT2D eigenvalue weighted by Gasteiger charge is 1.97. The molecule has 1 nitrogen and oxygen atoms in total. The minimum atomic E-state index is 0. The number of aryl methyl sites for hydroxylation is 1. The lowest BCUT2D eigenvalue weighted by molar-refractivity contribution is -0.697. The van der Waals surface area contributed by atoms with Crippen LogP contribution in [0.15, 0.2) is 54.9 Å². The molecule has 19 heavy (non-hydrogen) atoms. The maximum Gasteiger partial charge on any atom is 0.169 e. The fourth-order valence-corrected chi connectivity index (χ4v) is 1.83. The zero-order valence-electron chi connectivity index (χ0n) is 11.3. The van der Waals surface area contributed by atoms with Gasteiger partial charge in [0.1, 0.15) is 6.54 Å². The molecule has 0 fully saturated rings. The van der Waals surface area contributed by atoms with E-state index in [1.807, 2.05) is 6.07 Å². The molecule has 0 saturated heterocycles. The summed E-state index contributed by atoms with van der Waals surface area (Å²) in [5, 5.41) is 0. The van der Waals surface area contributed by atoms with E-state index in [-0.39, 0.29) is 24.0 Å². The van der Waals surface area contributed by atoms with Crippen molar-refractivity contribution in [2.24, 2.45) is 0 Å². The molecule has 0 spiro atoms. The molecule has 0 unspecified atom stereocenters. The summed E-state index contributed by atoms with van der Waals surface area (Å²) in [6.07, 6.45) is 11.1. The van der Waals surface area contributed by atoms with Crippen LogP contribution < -0.4 is 28.5 Å². The van der Waals surface area contributed by atoms with Crippen LogP contribution in [-0.4, -0.2) is 0 Å². The summed E-state index contributed by atoms with van der Waals surface area (Å²) in [5.41, 5.74) is 2.48. The number of pyridine rings is 1. The summed E-state index contributed by atoms with van der Waals surface area (Å²) in [6.45, 7) is 3.33. The summed E-state index contributed by atoms with van der Waals surface area (Å²) in [6, 6.07) is 14.7. The van der Waals surface area contributed by atoms with E-state index in [1.165, 1.54) is 24.0 Å². The van der Waals surface area contributed by atoms with Crippen molar-refractivity contribution in [2.45, 2.75) is 26.3 Å². The van der Waals surface area contributed by atoms with Gasteiger partial charge in [-0.1, -0.05) is 55.8 Å². The van der Waals surface area contributed by atoms with E-state index in [0.717, 1.165) is 6.54 Å². The normalized spacial score (nSPS) is 10.4. The van der Waals surface area contributed by atoms with Crippen molar-refractivity contribution in [1.29, 1.82) is 0 Å². The Balaban J connectivity index is 0.00000180. The average Bonchev–Trinajstić information content (AvgIpc) is 2.45. The summed E-state index contributed by atoms with van der Waals surface area (Å²) in [5.74, 6) is 0. The van der Waals surface area contributed by atoms with Crippen molar-refractivity contribution >= 4 is 12.2 Å². The summed E-state index contributed by atoms with van der Waals surface area (Å²) >= 11 is 0. The number of halogens is 1. The van der Waals surface area contributed by atoms with Crippen LogP contribution in [0.5, 0.6) is 0 Å². The summed E-state index contributed by atoms with van der Waals surface area (Å²) in [4.78, 5) is 0. The first-order chi connectivity index (χ1) is 8.88. The first-order valence-corrected chi connectivity index (χ1v) is 6.61. The molecule has 1 aromatic carbocycles. The van der Waals surface area contributed by atoms with Gasteiger partial charge in [-0.3, -0.25) is 0 Å². The topological polar surface area (TPSA) is 3.88 Å². The fraction of sp³-hybridized carbons (Fsp3) is 0.235. The van der Waals surface area contributed by atoms with Crippen molar-refractivity contribution in [3.63, 3.8) is 0 Å². The molecule has 100 valence electrons. The predicted octanol–water partition coefficient (Wildman–Crippen LogP) is 0.949. The zero-order valence-corrected chi connectivity index (χ0v) is 13.5. The summed E-state index contributed by atoms with van der Waals surface area (Å²) in [7, 11) is 0. The van der Waals surface area contributed by atoms with Gasteiger partial charge in [0.2, 0.25) is 0 Å². The van der Waals surface area contributed by atoms with Crippen molar-refractivity contribution in [1.82, 2.24) is 0 Å². The Labute approximate surface area is 133 Å². The lowest BCUT2D eigenvalue weighted by atomic mass is 10.1. The SMILES string of the molecule is CCCC[n+]1ccc(C=Cc2ccccc2)cc1.[I-]. The predicted molar refractivity (Wildman–Crippen MR) is 76.9 cm³/mol. The monoisotopic (exact) mass is 365 g/mol. The average molecular weight is 365 g/mol. The standard InChI is InChI=1S/C17H20N.HI/c1-2-3-13-18-14-11-17(12-15-18)10-9-16-7-5-4-6-8-16;/h4-12,14-15H,2-3,13H2,1H3;1H/q+1;/p-1. The molecule has 0 bridgehead atoms. The highest BCUT2D eigenvalue weighted by molar-refractivity contribution is 5.68. The van der Waals surface area contributed by atoms with E-state index < -0.39 is 0 Å². The molecule has 0 saturated carbocycles. The Bertz CT molecular complexity index is 488. The van der Waals surface area contributed by atoms with Crippen LogP contribution in [0.4, 0.5) is 0 Å². The van der Waals surface area contributed by atoms with Gasteiger partial charge in [-0.2, -0.15) is 0 Å². The van der Waals surface area contributed by atoms with Gasteiger partial charge >= 0.3 is 0 Å². The molecule has 1 aromatic heterocycles. The Hall–Kier alpha value is -1.16. The highest BCUT2D eigenvalue weighted by atomic mass is 127. The van der Waals surface area contributed by atoms with E-state index in [0.29, 0.717) is 0 Å². The maximum atomic E-state index is 2.24. The third-order valence-electron chi connectivity index (χ3n) is 2.95. The second kappa shape index (κ2) is 8.86. The first-order valence-electron chi connectivity index (χ1n) is 6.61. The quantitative estimate of drug-likeness (QED) is 0.549. The molecule has 2 rings (SSSR count). The zero-order chi connectivity index (χ0) is 12.6. The molecule has 1 heterocycles. The lowest BCUT2D eigenvalue weighted by Crippen LogP contribution is -3.00. The van der Waals surface area contributed by atoms with Crippen LogP contribution in [0.25, 0.3) is 12.2 Å². The van der Waals surface area contributed by atoms with Gasteiger partial charge in [0.05, 0.1) is 0 Å². The molecule has 0 aliphatic rings. The van der Waals surface area contributed by atoms with Crippen molar-refractivity contribution in [3.8, 4) is 0 Å². The van der Waals surface area contributed by atoms with Crippen molar-refractivity contribution in [2.75, 3.05) is 0 Å². The van der Waals surface area contributed by atoms with E-state index >= 15 is 0 Å². The Morgan fingerprint density at radius 1 is 0.895 bits per heavy atom. The number of aromatic nitrogens is 1. The molecule has 0 aliphatic carbocycles. The molecule has 0 radical (unpaired) electrons. The molecule has 0 atom stereocenters. The fourth-order valence-electron chi connectivity index (χ4n) is 1.83. The van der Waals surface area contributed by atoms with E-state index in [1.54, 1.807) is 0 Å². The van der Waals surface area contributed by atoms with E-state index in [9.17, 15) is 0 Å². The first kappa shape index (κ1) is 15.9. The number of hydrogen-bond donors (Lipinski definition) is 0. The Morgan fingerprint density at radius 2 is 1.47 bits per heavy atom. The van der Waals surface area contributed by atoms with Crippen LogP contribution in [0.3, 0.4) is 0 Å². The molecule has 0 amide bonds. The highest BCUT2D eigenvalue weighted by Crippen LogP contribution is 2.06. The van der Waals surface area contributed by atoms with Gasteiger partial charge in [0.15, 0.2) is 12.4 Å². The van der Waals surface area contributed by atoms with Crippen molar-refractivity contribution < 1.29 is 28.5 Å². The smallest absolute Gasteiger partial charge is 0.169 e. The Kier molecular flexibility index (Phi) is 7.41. The number of nitrogens with zero attached hydrogens (tertiary/aromatic N) is 1. The van der Waals surface area contributed by atoms with Crippen LogP contribution in [0, 0.1) is 0 Å². The van der Waals surface area contributed by atoms with E-state index in [4.69, 9.17) is 0 Å². The van der Waals surface area contributed by atoms with Gasteiger partial charge in [0, 0.05) is 18.6 Å². The molecule has 2 aromatic rings. The van der Waals surface area contributed by atoms with Crippen LogP contribution in [-0.2, 0) is 6.54 Å². The second-order valence-corrected chi connectivity index (χ2v) is 4.47.